The molecule has 2 aromatic carbocycles. The summed E-state index contributed by atoms with van der Waals surface area (Å²) in [6, 6.07) is 15.8. The molecule has 0 spiro atoms. The minimum atomic E-state index is -0.380. The molecule has 3 rings (SSSR count). The van der Waals surface area contributed by atoms with Crippen LogP contribution in [0.3, 0.4) is 0 Å². The third-order valence-electron chi connectivity index (χ3n) is 4.64. The molecule has 3 N–H and O–H groups in total. The van der Waals surface area contributed by atoms with Gasteiger partial charge in [-0.15, -0.1) is 10.2 Å². The summed E-state index contributed by atoms with van der Waals surface area (Å²) < 4.78 is 1.43. The van der Waals surface area contributed by atoms with Crippen LogP contribution in [0.25, 0.3) is 11.4 Å². The normalized spacial score (nSPS) is 12.6. The van der Waals surface area contributed by atoms with Crippen LogP contribution in [0, 0.1) is 6.92 Å². The van der Waals surface area contributed by atoms with E-state index < -0.39 is 0 Å². The quantitative estimate of drug-likeness (QED) is 0.482. The Bertz CT molecular complexity index is 988. The van der Waals surface area contributed by atoms with Crippen LogP contribution in [-0.2, 0) is 10.2 Å². The molecule has 0 bridgehead atoms. The number of thioether (sulfide) groups is 1. The van der Waals surface area contributed by atoms with Crippen molar-refractivity contribution in [2.24, 2.45) is 0 Å². The highest BCUT2D eigenvalue weighted by Crippen LogP contribution is 2.27. The lowest BCUT2D eigenvalue weighted by Gasteiger charge is -2.19. The summed E-state index contributed by atoms with van der Waals surface area (Å²) in [4.78, 5) is 12.6. The van der Waals surface area contributed by atoms with Gasteiger partial charge < -0.3 is 11.2 Å². The van der Waals surface area contributed by atoms with Crippen LogP contribution in [0.5, 0.6) is 0 Å². The van der Waals surface area contributed by atoms with Crippen LogP contribution in [0.2, 0.25) is 0 Å². The molecule has 1 atom stereocenters. The van der Waals surface area contributed by atoms with E-state index in [0.29, 0.717) is 11.0 Å². The second-order valence-electron chi connectivity index (χ2n) is 8.12. The summed E-state index contributed by atoms with van der Waals surface area (Å²) in [5.74, 6) is 6.63. The largest absolute Gasteiger partial charge is 0.335 e. The van der Waals surface area contributed by atoms with Gasteiger partial charge >= 0.3 is 0 Å². The molecule has 29 heavy (non-hydrogen) atoms. The van der Waals surface area contributed by atoms with Crippen LogP contribution in [0.1, 0.15) is 38.8 Å². The SMILES string of the molecule is Cc1ccc(-c2nnc(SC(C)C(=O)Nc3ccc(C(C)(C)C)cc3)n2N)cc1. The zero-order valence-electron chi connectivity index (χ0n) is 17.4. The molecule has 0 fully saturated rings. The van der Waals surface area contributed by atoms with Gasteiger partial charge in [-0.25, -0.2) is 4.68 Å². The number of nitrogens with zero attached hydrogens (tertiary/aromatic N) is 3. The summed E-state index contributed by atoms with van der Waals surface area (Å²) in [5.41, 5.74) is 4.11. The Morgan fingerprint density at radius 1 is 1.07 bits per heavy atom. The predicted molar refractivity (Wildman–Crippen MR) is 119 cm³/mol. The third kappa shape index (κ3) is 4.98. The Kier molecular flexibility index (Phi) is 5.98. The Morgan fingerprint density at radius 3 is 2.28 bits per heavy atom. The van der Waals surface area contributed by atoms with E-state index in [0.717, 1.165) is 16.8 Å². The maximum atomic E-state index is 12.6. The second kappa shape index (κ2) is 8.29. The monoisotopic (exact) mass is 409 g/mol. The Balaban J connectivity index is 1.66. The van der Waals surface area contributed by atoms with Gasteiger partial charge in [0.2, 0.25) is 11.1 Å². The van der Waals surface area contributed by atoms with Crippen LogP contribution < -0.4 is 11.2 Å². The number of nitrogens with two attached hydrogens (primary N) is 1. The number of aromatic nitrogens is 3. The number of carbonyl (C=O) groups is 1. The van der Waals surface area contributed by atoms with Gasteiger partial charge in [0.15, 0.2) is 5.82 Å². The molecule has 0 aliphatic rings. The van der Waals surface area contributed by atoms with Crippen LogP contribution in [0.4, 0.5) is 5.69 Å². The molecule has 1 aromatic heterocycles. The molecule has 0 saturated heterocycles. The van der Waals surface area contributed by atoms with Gasteiger partial charge in [0.05, 0.1) is 5.25 Å². The molecule has 0 radical (unpaired) electrons. The number of hydrogen-bond acceptors (Lipinski definition) is 5. The lowest BCUT2D eigenvalue weighted by Crippen LogP contribution is -2.23. The van der Waals surface area contributed by atoms with E-state index >= 15 is 0 Å². The summed E-state index contributed by atoms with van der Waals surface area (Å²) in [7, 11) is 0. The summed E-state index contributed by atoms with van der Waals surface area (Å²) in [6.07, 6.45) is 0. The molecule has 3 aromatic rings. The average molecular weight is 410 g/mol. The van der Waals surface area contributed by atoms with Crippen molar-refractivity contribution in [3.63, 3.8) is 0 Å². The van der Waals surface area contributed by atoms with Crippen molar-refractivity contribution >= 4 is 23.4 Å². The van der Waals surface area contributed by atoms with E-state index in [-0.39, 0.29) is 16.6 Å². The molecule has 1 unspecified atom stereocenters. The first-order valence-corrected chi connectivity index (χ1v) is 10.4. The number of benzene rings is 2. The van der Waals surface area contributed by atoms with Gasteiger partial charge in [-0.3, -0.25) is 4.79 Å². The molecule has 152 valence electrons. The number of nitrogen functional groups attached to an aromatic ring is 1. The molecule has 1 heterocycles. The maximum absolute atomic E-state index is 12.6. The minimum absolute atomic E-state index is 0.0754. The van der Waals surface area contributed by atoms with Crippen molar-refractivity contribution in [3.8, 4) is 11.4 Å². The molecule has 1 amide bonds. The van der Waals surface area contributed by atoms with Gasteiger partial charge in [0.25, 0.3) is 0 Å². The number of amides is 1. The predicted octanol–water partition coefficient (Wildman–Crippen LogP) is 4.38. The number of nitrogens with one attached hydrogen (secondary N) is 1. The van der Waals surface area contributed by atoms with Crippen LogP contribution in [0.15, 0.2) is 53.7 Å². The minimum Gasteiger partial charge on any atom is -0.335 e. The lowest BCUT2D eigenvalue weighted by molar-refractivity contribution is -0.115. The first-order valence-electron chi connectivity index (χ1n) is 9.51. The number of carbonyl (C=O) groups excluding carboxylic acids is 1. The van der Waals surface area contributed by atoms with Crippen molar-refractivity contribution in [2.75, 3.05) is 11.2 Å². The second-order valence-corrected chi connectivity index (χ2v) is 9.43. The Labute approximate surface area is 175 Å². The maximum Gasteiger partial charge on any atom is 0.237 e. The fraction of sp³-hybridized carbons (Fsp3) is 0.318. The van der Waals surface area contributed by atoms with E-state index in [2.05, 4.69) is 36.3 Å². The third-order valence-corrected chi connectivity index (χ3v) is 5.70. The zero-order valence-corrected chi connectivity index (χ0v) is 18.2. The van der Waals surface area contributed by atoms with Gasteiger partial charge in [-0.05, 0) is 37.0 Å². The van der Waals surface area contributed by atoms with E-state index in [1.54, 1.807) is 0 Å². The first-order chi connectivity index (χ1) is 13.6. The smallest absolute Gasteiger partial charge is 0.237 e. The fourth-order valence-corrected chi connectivity index (χ4v) is 3.54. The molecule has 0 aliphatic carbocycles. The highest BCUT2D eigenvalue weighted by molar-refractivity contribution is 8.00. The Hall–Kier alpha value is -2.80. The van der Waals surface area contributed by atoms with E-state index in [4.69, 9.17) is 5.84 Å². The lowest BCUT2D eigenvalue weighted by atomic mass is 9.87. The number of hydrogen-bond donors (Lipinski definition) is 2. The average Bonchev–Trinajstić information content (AvgIpc) is 3.02. The molecule has 0 saturated carbocycles. The number of aryl methyl sites for hydroxylation is 1. The highest BCUT2D eigenvalue weighted by atomic mass is 32.2. The van der Waals surface area contributed by atoms with Gasteiger partial charge in [-0.1, -0.05) is 74.5 Å². The topological polar surface area (TPSA) is 85.8 Å². The van der Waals surface area contributed by atoms with E-state index in [9.17, 15) is 4.79 Å². The van der Waals surface area contributed by atoms with Crippen LogP contribution in [-0.4, -0.2) is 26.0 Å². The molecule has 0 aliphatic heterocycles. The van der Waals surface area contributed by atoms with Gasteiger partial charge in [0, 0.05) is 11.3 Å². The summed E-state index contributed by atoms with van der Waals surface area (Å²) in [6.45, 7) is 10.3. The molecular weight excluding hydrogens is 382 g/mol. The standard InChI is InChI=1S/C22H27N5OS/c1-14-6-8-16(9-7-14)19-25-26-21(27(19)23)29-15(2)20(28)24-18-12-10-17(11-13-18)22(3,4)5/h6-13,15H,23H2,1-5H3,(H,24,28). The number of anilines is 1. The van der Waals surface area contributed by atoms with E-state index in [1.807, 2.05) is 62.4 Å². The molecular formula is C22H27N5OS. The molecule has 7 heteroatoms. The zero-order chi connectivity index (χ0) is 21.2. The summed E-state index contributed by atoms with van der Waals surface area (Å²) in [5, 5.41) is 11.4. The first kappa shape index (κ1) is 20.9. The van der Waals surface area contributed by atoms with Crippen molar-refractivity contribution in [1.82, 2.24) is 14.9 Å². The van der Waals surface area contributed by atoms with Crippen molar-refractivity contribution in [2.45, 2.75) is 50.4 Å². The van der Waals surface area contributed by atoms with E-state index in [1.165, 1.54) is 22.0 Å². The van der Waals surface area contributed by atoms with Gasteiger partial charge in [-0.2, -0.15) is 0 Å². The van der Waals surface area contributed by atoms with Crippen LogP contribution >= 0.6 is 11.8 Å². The number of rotatable bonds is 5. The van der Waals surface area contributed by atoms with Crippen molar-refractivity contribution in [3.05, 3.63) is 59.7 Å². The van der Waals surface area contributed by atoms with Gasteiger partial charge in [0.1, 0.15) is 0 Å². The highest BCUT2D eigenvalue weighted by Gasteiger charge is 2.20. The fourth-order valence-electron chi connectivity index (χ4n) is 2.77. The summed E-state index contributed by atoms with van der Waals surface area (Å²) >= 11 is 1.28. The van der Waals surface area contributed by atoms with Crippen molar-refractivity contribution < 1.29 is 4.79 Å². The van der Waals surface area contributed by atoms with Crippen molar-refractivity contribution in [1.29, 1.82) is 0 Å². The molecule has 6 nitrogen and oxygen atoms in total. The Morgan fingerprint density at radius 2 is 1.69 bits per heavy atom.